The van der Waals surface area contributed by atoms with Crippen LogP contribution in [0.15, 0.2) is 16.9 Å². The van der Waals surface area contributed by atoms with Crippen LogP contribution in [0, 0.1) is 0 Å². The van der Waals surface area contributed by atoms with Gasteiger partial charge in [0.1, 0.15) is 4.60 Å². The van der Waals surface area contributed by atoms with E-state index >= 15 is 0 Å². The molecule has 2 rings (SSSR count). The molecule has 3 nitrogen and oxygen atoms in total. The van der Waals surface area contributed by atoms with Crippen LogP contribution in [0.2, 0.25) is 0 Å². The second kappa shape index (κ2) is 4.24. The molecule has 13 heavy (non-hydrogen) atoms. The molecule has 1 aromatic rings. The van der Waals surface area contributed by atoms with Crippen LogP contribution in [-0.2, 0) is 6.54 Å². The van der Waals surface area contributed by atoms with Crippen molar-refractivity contribution < 1.29 is 0 Å². The Morgan fingerprint density at radius 3 is 3.23 bits per heavy atom. The Kier molecular flexibility index (Phi) is 3.01. The number of hydrogen-bond donors (Lipinski definition) is 1. The lowest BCUT2D eigenvalue weighted by Crippen LogP contribution is -2.23. The molecule has 0 radical (unpaired) electrons. The zero-order valence-corrected chi connectivity index (χ0v) is 9.13. The molecule has 1 atom stereocenters. The van der Waals surface area contributed by atoms with Crippen molar-refractivity contribution in [1.29, 1.82) is 0 Å². The van der Waals surface area contributed by atoms with Gasteiger partial charge in [0.2, 0.25) is 0 Å². The molecule has 1 fully saturated rings. The quantitative estimate of drug-likeness (QED) is 0.878. The van der Waals surface area contributed by atoms with Crippen molar-refractivity contribution in [3.63, 3.8) is 0 Å². The van der Waals surface area contributed by atoms with E-state index in [4.69, 9.17) is 0 Å². The number of hydrogen-bond acceptors (Lipinski definition) is 2. The van der Waals surface area contributed by atoms with E-state index in [1.807, 2.05) is 16.9 Å². The third-order valence-corrected chi connectivity index (χ3v) is 3.19. The van der Waals surface area contributed by atoms with Gasteiger partial charge in [-0.3, -0.25) is 4.68 Å². The predicted octanol–water partition coefficient (Wildman–Crippen LogP) is 1.79. The van der Waals surface area contributed by atoms with Crippen LogP contribution in [0.25, 0.3) is 0 Å². The molecule has 0 spiro atoms. The summed E-state index contributed by atoms with van der Waals surface area (Å²) in [5.41, 5.74) is 0. The first-order chi connectivity index (χ1) is 6.36. The van der Waals surface area contributed by atoms with Crippen LogP contribution in [0.1, 0.15) is 19.3 Å². The highest BCUT2D eigenvalue weighted by atomic mass is 79.9. The monoisotopic (exact) mass is 243 g/mol. The number of rotatable bonds is 3. The van der Waals surface area contributed by atoms with Crippen molar-refractivity contribution in [2.45, 2.75) is 31.8 Å². The van der Waals surface area contributed by atoms with Crippen molar-refractivity contribution in [2.75, 3.05) is 6.54 Å². The fraction of sp³-hybridized carbons (Fsp3) is 0.667. The Labute approximate surface area is 86.6 Å². The summed E-state index contributed by atoms with van der Waals surface area (Å²) in [6.45, 7) is 2.19. The Hall–Kier alpha value is -0.350. The summed E-state index contributed by atoms with van der Waals surface area (Å²) in [4.78, 5) is 0. The highest BCUT2D eigenvalue weighted by molar-refractivity contribution is 9.10. The highest BCUT2D eigenvalue weighted by Crippen LogP contribution is 2.12. The molecule has 2 heterocycles. The minimum absolute atomic E-state index is 0.705. The van der Waals surface area contributed by atoms with Gasteiger partial charge >= 0.3 is 0 Å². The summed E-state index contributed by atoms with van der Waals surface area (Å²) >= 11 is 3.46. The molecule has 0 saturated carbocycles. The molecule has 1 aromatic heterocycles. The molecule has 72 valence electrons. The van der Waals surface area contributed by atoms with Gasteiger partial charge in [0.05, 0.1) is 6.20 Å². The van der Waals surface area contributed by atoms with Crippen LogP contribution in [0.4, 0.5) is 0 Å². The van der Waals surface area contributed by atoms with Crippen LogP contribution in [-0.4, -0.2) is 22.4 Å². The van der Waals surface area contributed by atoms with E-state index < -0.39 is 0 Å². The van der Waals surface area contributed by atoms with Crippen LogP contribution < -0.4 is 5.32 Å². The van der Waals surface area contributed by atoms with E-state index in [9.17, 15) is 0 Å². The SMILES string of the molecule is Brc1ccnn1CCC1CCCN1. The van der Waals surface area contributed by atoms with Crippen LogP contribution in [0.5, 0.6) is 0 Å². The third-order valence-electron chi connectivity index (χ3n) is 2.52. The van der Waals surface area contributed by atoms with E-state index in [0.29, 0.717) is 6.04 Å². The fourth-order valence-electron chi connectivity index (χ4n) is 1.76. The summed E-state index contributed by atoms with van der Waals surface area (Å²) in [5, 5.41) is 7.70. The fourth-order valence-corrected chi connectivity index (χ4v) is 2.15. The summed E-state index contributed by atoms with van der Waals surface area (Å²) in [5.74, 6) is 0. The summed E-state index contributed by atoms with van der Waals surface area (Å²) in [6, 6.07) is 2.68. The van der Waals surface area contributed by atoms with E-state index in [1.54, 1.807) is 0 Å². The molecule has 1 aliphatic rings. The molecule has 1 aliphatic heterocycles. The maximum atomic E-state index is 4.22. The molecule has 1 saturated heterocycles. The number of aromatic nitrogens is 2. The summed E-state index contributed by atoms with van der Waals surface area (Å²) in [7, 11) is 0. The minimum atomic E-state index is 0.705. The van der Waals surface area contributed by atoms with Gasteiger partial charge < -0.3 is 5.32 Å². The lowest BCUT2D eigenvalue weighted by atomic mass is 10.2. The Balaban J connectivity index is 1.82. The van der Waals surface area contributed by atoms with Gasteiger partial charge in [-0.05, 0) is 47.8 Å². The minimum Gasteiger partial charge on any atom is -0.314 e. The van der Waals surface area contributed by atoms with Gasteiger partial charge in [-0.2, -0.15) is 5.10 Å². The van der Waals surface area contributed by atoms with E-state index in [2.05, 4.69) is 26.3 Å². The van der Waals surface area contributed by atoms with Gasteiger partial charge in [0, 0.05) is 12.6 Å². The largest absolute Gasteiger partial charge is 0.314 e. The number of nitrogens with one attached hydrogen (secondary N) is 1. The summed E-state index contributed by atoms with van der Waals surface area (Å²) < 4.78 is 3.07. The predicted molar refractivity (Wildman–Crippen MR) is 55.6 cm³/mol. The Bertz CT molecular complexity index is 266. The molecule has 0 bridgehead atoms. The van der Waals surface area contributed by atoms with E-state index in [0.717, 1.165) is 11.1 Å². The number of aryl methyl sites for hydroxylation is 1. The first kappa shape index (κ1) is 9.21. The third kappa shape index (κ3) is 2.31. The second-order valence-corrected chi connectivity index (χ2v) is 4.27. The van der Waals surface area contributed by atoms with E-state index in [1.165, 1.54) is 25.8 Å². The molecule has 0 aromatic carbocycles. The molecule has 0 amide bonds. The van der Waals surface area contributed by atoms with Gasteiger partial charge in [-0.25, -0.2) is 0 Å². The van der Waals surface area contributed by atoms with Crippen molar-refractivity contribution >= 4 is 15.9 Å². The van der Waals surface area contributed by atoms with Gasteiger partial charge in [0.15, 0.2) is 0 Å². The highest BCUT2D eigenvalue weighted by Gasteiger charge is 2.13. The first-order valence-corrected chi connectivity index (χ1v) is 5.56. The smallest absolute Gasteiger partial charge is 0.104 e. The average molecular weight is 244 g/mol. The molecular formula is C9H14BrN3. The zero-order valence-electron chi connectivity index (χ0n) is 7.54. The van der Waals surface area contributed by atoms with E-state index in [-0.39, 0.29) is 0 Å². The van der Waals surface area contributed by atoms with Crippen molar-refractivity contribution in [1.82, 2.24) is 15.1 Å². The number of halogens is 1. The van der Waals surface area contributed by atoms with Crippen LogP contribution >= 0.6 is 15.9 Å². The molecular weight excluding hydrogens is 230 g/mol. The molecule has 1 N–H and O–H groups in total. The topological polar surface area (TPSA) is 29.9 Å². The van der Waals surface area contributed by atoms with Crippen molar-refractivity contribution in [2.24, 2.45) is 0 Å². The Morgan fingerprint density at radius 1 is 1.69 bits per heavy atom. The standard InChI is InChI=1S/C9H14BrN3/c10-9-3-6-12-13(9)7-4-8-2-1-5-11-8/h3,6,8,11H,1-2,4-5,7H2. The summed E-state index contributed by atoms with van der Waals surface area (Å²) in [6.07, 6.45) is 5.65. The molecule has 1 unspecified atom stereocenters. The molecule has 0 aliphatic carbocycles. The maximum Gasteiger partial charge on any atom is 0.104 e. The van der Waals surface area contributed by atoms with Gasteiger partial charge in [-0.15, -0.1) is 0 Å². The second-order valence-electron chi connectivity index (χ2n) is 3.46. The average Bonchev–Trinajstić information content (AvgIpc) is 2.72. The lowest BCUT2D eigenvalue weighted by Gasteiger charge is -2.09. The first-order valence-electron chi connectivity index (χ1n) is 4.77. The lowest BCUT2D eigenvalue weighted by molar-refractivity contribution is 0.476. The Morgan fingerprint density at radius 2 is 2.62 bits per heavy atom. The number of nitrogens with zero attached hydrogens (tertiary/aromatic N) is 2. The van der Waals surface area contributed by atoms with Crippen molar-refractivity contribution in [3.05, 3.63) is 16.9 Å². The normalized spacial score (nSPS) is 22.4. The van der Waals surface area contributed by atoms with Crippen LogP contribution in [0.3, 0.4) is 0 Å². The van der Waals surface area contributed by atoms with Gasteiger partial charge in [0.25, 0.3) is 0 Å². The van der Waals surface area contributed by atoms with Gasteiger partial charge in [-0.1, -0.05) is 0 Å². The molecule has 4 heteroatoms. The maximum absolute atomic E-state index is 4.22. The zero-order chi connectivity index (χ0) is 9.10. The van der Waals surface area contributed by atoms with Crippen molar-refractivity contribution in [3.8, 4) is 0 Å².